The molecule has 10 nitrogen and oxygen atoms in total. The number of hydrogen-bond donors (Lipinski definition) is 1. The van der Waals surface area contributed by atoms with E-state index in [0.717, 1.165) is 68.8 Å². The number of aliphatic hydroxyl groups excluding tert-OH is 1. The van der Waals surface area contributed by atoms with Crippen molar-refractivity contribution >= 4 is 0 Å². The molecular weight excluding hydrogens is 1440 g/mol. The van der Waals surface area contributed by atoms with Crippen molar-refractivity contribution in [2.24, 2.45) is 17.8 Å². The van der Waals surface area contributed by atoms with Crippen LogP contribution in [0, 0.1) is 82.8 Å². The first-order chi connectivity index (χ1) is 53.9. The number of hydrogen-bond acceptors (Lipinski definition) is 10. The average Bonchev–Trinajstić information content (AvgIpc) is 1.74. The Balaban J connectivity index is 0.000000113. The average molecular weight is 1530 g/mol. The number of fused-ring (bicyclic) bond motifs is 12. The van der Waals surface area contributed by atoms with Gasteiger partial charge in [0, 0.05) is 61.2 Å². The summed E-state index contributed by atoms with van der Waals surface area (Å²) in [5, 5.41) is 10.9. The normalized spacial score (nSPS) is 17.4. The number of rotatable bonds is 17. The summed E-state index contributed by atoms with van der Waals surface area (Å²) in [6, 6.07) is 37.7. The number of aryl methyl sites for hydroxylation is 1. The van der Waals surface area contributed by atoms with Gasteiger partial charge in [0.15, 0.2) is 80.8 Å². The molecule has 1 unspecified atom stereocenters. The smallest absolute Gasteiger partial charge is 0.207 e. The van der Waals surface area contributed by atoms with E-state index < -0.39 is 58.5 Å². The minimum Gasteiger partial charge on any atom is -0.491 e. The van der Waals surface area contributed by atoms with Gasteiger partial charge < -0.3 is 47.7 Å². The minimum absolute atomic E-state index is 0.00529. The lowest BCUT2D eigenvalue weighted by Crippen LogP contribution is -2.23. The maximum Gasteiger partial charge on any atom is 0.207 e. The monoisotopic (exact) mass is 1520 g/mol. The molecular formula is C91H82F10O10. The highest BCUT2D eigenvalue weighted by molar-refractivity contribution is 5.82. The molecule has 0 radical (unpaired) electrons. The van der Waals surface area contributed by atoms with Gasteiger partial charge in [-0.2, -0.15) is 13.2 Å². The Labute approximate surface area is 637 Å². The van der Waals surface area contributed by atoms with Crippen LogP contribution in [-0.4, -0.2) is 31.0 Å². The predicted molar refractivity (Wildman–Crippen MR) is 400 cm³/mol. The highest BCUT2D eigenvalue weighted by Gasteiger charge is 2.39. The SMILES string of the molecule is CCOc1ccc2c(c1F)OCc1c-2ccc(-c2ccc(C3CC3)cc2)c1F.CCOc1ccc2c(c1F)OCc1c-2ccc(C(O)C2CCC(C3CC3)CC2)c1F.CCOc1ccc2c(c1F)OCc1c-2ccc(OC2CC2)c1F.Cc1ccc2c(c1F)OCc1c-2ccc(OCc2ccc(C3CC3)c(F)c2F)c1F. The summed E-state index contributed by atoms with van der Waals surface area (Å²) >= 11 is 0. The Morgan fingerprint density at radius 2 is 0.757 bits per heavy atom. The second-order valence-corrected chi connectivity index (χ2v) is 29.7. The van der Waals surface area contributed by atoms with Crippen LogP contribution in [0.4, 0.5) is 43.9 Å². The summed E-state index contributed by atoms with van der Waals surface area (Å²) in [5.41, 5.74) is 9.86. The molecule has 19 rings (SSSR count). The van der Waals surface area contributed by atoms with Crippen molar-refractivity contribution < 1.29 is 91.6 Å². The van der Waals surface area contributed by atoms with Crippen molar-refractivity contribution in [3.63, 3.8) is 0 Å². The molecule has 20 heteroatoms. The van der Waals surface area contributed by atoms with Crippen LogP contribution in [-0.2, 0) is 33.0 Å². The summed E-state index contributed by atoms with van der Waals surface area (Å²) in [4.78, 5) is 0. The predicted octanol–water partition coefficient (Wildman–Crippen LogP) is 23.7. The van der Waals surface area contributed by atoms with Crippen LogP contribution in [0.1, 0.15) is 166 Å². The fourth-order valence-electron chi connectivity index (χ4n) is 15.8. The van der Waals surface area contributed by atoms with Crippen LogP contribution in [0.3, 0.4) is 0 Å². The van der Waals surface area contributed by atoms with Crippen molar-refractivity contribution in [1.29, 1.82) is 0 Å². The lowest BCUT2D eigenvalue weighted by atomic mass is 9.76. The quantitative estimate of drug-likeness (QED) is 0.0887. The summed E-state index contributed by atoms with van der Waals surface area (Å²) < 4.78 is 196. The first-order valence-electron chi connectivity index (χ1n) is 38.4. The third-order valence-electron chi connectivity index (χ3n) is 22.5. The molecule has 0 amide bonds. The van der Waals surface area contributed by atoms with E-state index in [4.69, 9.17) is 42.6 Å². The number of ether oxygens (including phenoxy) is 9. The fourth-order valence-corrected chi connectivity index (χ4v) is 15.8. The van der Waals surface area contributed by atoms with Gasteiger partial charge in [0.1, 0.15) is 44.7 Å². The van der Waals surface area contributed by atoms with Crippen molar-refractivity contribution in [3.05, 3.63) is 242 Å². The van der Waals surface area contributed by atoms with Gasteiger partial charge in [-0.15, -0.1) is 0 Å². The molecule has 1 atom stereocenters. The lowest BCUT2D eigenvalue weighted by Gasteiger charge is -2.32. The van der Waals surface area contributed by atoms with E-state index in [-0.39, 0.29) is 120 Å². The molecule has 10 aromatic carbocycles. The zero-order valence-electron chi connectivity index (χ0n) is 61.8. The van der Waals surface area contributed by atoms with Gasteiger partial charge in [0.2, 0.25) is 17.5 Å². The van der Waals surface area contributed by atoms with Gasteiger partial charge >= 0.3 is 0 Å². The van der Waals surface area contributed by atoms with Crippen LogP contribution in [0.5, 0.6) is 51.7 Å². The number of halogens is 10. The molecule has 5 saturated carbocycles. The van der Waals surface area contributed by atoms with E-state index in [1.54, 1.807) is 119 Å². The number of benzene rings is 10. The van der Waals surface area contributed by atoms with Crippen LogP contribution in [0.25, 0.3) is 55.6 Å². The third-order valence-corrected chi connectivity index (χ3v) is 22.5. The topological polar surface area (TPSA) is 103 Å². The standard InChI is InChI=1S/C25H28F2O3.C24H18F4O2.C24H20F2O2.C18H16F2O3/c1-2-29-21-12-11-18-17-9-10-19(22(26)20(17)13-30-25(18)23(21)27)24(28)16-7-5-15(6-8-16)14-3-4-14;1-12-2-6-17-16-8-9-19(22(27)18(16)11-30-24(17)20(12)25)29-10-14-5-7-15(13-3-4-13)23(28)21(14)26;1-2-27-21-12-11-19-18-10-9-17(16-7-5-15(6-8-16)14-3-4-14)22(25)20(18)13-28-24(19)23(21)26;1-2-21-14-7-6-12-11-5-8-15(23-10-3-4-10)16(19)13(11)9-22-18(12)17(14)20/h9-12,14-16,24,28H,2-8,13H2,1H3;2,5-9,13H,3-4,10-11H2,1H3;5-12,14H,2-4,13H2,1H3;5-8,10H,2-4,9H2,1H3. The highest BCUT2D eigenvalue weighted by Crippen LogP contribution is 2.53. The second kappa shape index (κ2) is 31.4. The Kier molecular flexibility index (Phi) is 21.2. The number of aliphatic hydroxyl groups is 1. The molecule has 5 fully saturated rings. The molecule has 0 spiro atoms. The van der Waals surface area contributed by atoms with E-state index in [1.165, 1.54) is 43.4 Å². The molecule has 5 aliphatic carbocycles. The molecule has 0 bridgehead atoms. The molecule has 4 aliphatic heterocycles. The van der Waals surface area contributed by atoms with Gasteiger partial charge in [-0.05, 0) is 240 Å². The maximum absolute atomic E-state index is 15.4. The molecule has 10 aromatic rings. The van der Waals surface area contributed by atoms with Gasteiger partial charge in [0.25, 0.3) is 0 Å². The van der Waals surface area contributed by atoms with Gasteiger partial charge in [-0.3, -0.25) is 0 Å². The van der Waals surface area contributed by atoms with E-state index in [1.807, 2.05) is 18.2 Å². The van der Waals surface area contributed by atoms with Crippen LogP contribution < -0.4 is 42.6 Å². The molecule has 9 aliphatic rings. The molecule has 576 valence electrons. The molecule has 0 aromatic heterocycles. The molecule has 111 heavy (non-hydrogen) atoms. The first-order valence-corrected chi connectivity index (χ1v) is 38.4. The summed E-state index contributed by atoms with van der Waals surface area (Å²) in [7, 11) is 0. The van der Waals surface area contributed by atoms with E-state index in [0.29, 0.717) is 109 Å². The van der Waals surface area contributed by atoms with E-state index in [9.17, 15) is 35.8 Å². The molecule has 0 saturated heterocycles. The zero-order valence-corrected chi connectivity index (χ0v) is 61.8. The minimum atomic E-state index is -0.958. The Morgan fingerprint density at radius 1 is 0.351 bits per heavy atom. The van der Waals surface area contributed by atoms with E-state index in [2.05, 4.69) is 12.1 Å². The highest BCUT2D eigenvalue weighted by atomic mass is 19.2. The Morgan fingerprint density at radius 3 is 1.23 bits per heavy atom. The maximum atomic E-state index is 15.4. The van der Waals surface area contributed by atoms with Crippen molar-refractivity contribution in [3.8, 4) is 107 Å². The largest absolute Gasteiger partial charge is 0.491 e. The zero-order chi connectivity index (χ0) is 77.0. The van der Waals surface area contributed by atoms with Gasteiger partial charge in [-0.25, -0.2) is 30.7 Å². The van der Waals surface area contributed by atoms with Crippen LogP contribution in [0.15, 0.2) is 133 Å². The van der Waals surface area contributed by atoms with E-state index >= 15 is 13.2 Å². The van der Waals surface area contributed by atoms with Crippen LogP contribution >= 0.6 is 0 Å². The van der Waals surface area contributed by atoms with Gasteiger partial charge in [-0.1, -0.05) is 72.8 Å². The van der Waals surface area contributed by atoms with Gasteiger partial charge in [0.05, 0.1) is 32.0 Å². The first kappa shape index (κ1) is 74.7. The van der Waals surface area contributed by atoms with Crippen molar-refractivity contribution in [2.45, 2.75) is 162 Å². The fraction of sp³-hybridized carbons (Fsp3) is 0.341. The Bertz CT molecular complexity index is 5220. The Hall–Kier alpha value is -10.3. The van der Waals surface area contributed by atoms with Crippen molar-refractivity contribution in [2.75, 3.05) is 19.8 Å². The lowest BCUT2D eigenvalue weighted by molar-refractivity contribution is 0.0674. The van der Waals surface area contributed by atoms with Crippen LogP contribution in [0.2, 0.25) is 0 Å². The third kappa shape index (κ3) is 14.9. The summed E-state index contributed by atoms with van der Waals surface area (Å²) in [5.74, 6) is -2.20. The second-order valence-electron chi connectivity index (χ2n) is 29.7. The summed E-state index contributed by atoms with van der Waals surface area (Å²) in [6.07, 6.45) is 12.3. The molecule has 1 N–H and O–H groups in total. The summed E-state index contributed by atoms with van der Waals surface area (Å²) in [6.45, 7) is 7.53. The van der Waals surface area contributed by atoms with Crippen molar-refractivity contribution in [1.82, 2.24) is 0 Å². The molecule has 4 heterocycles.